The number of carbonyl (C=O) groups excluding carboxylic acids is 1. The lowest BCUT2D eigenvalue weighted by atomic mass is 9.95. The van der Waals surface area contributed by atoms with Crippen LogP contribution in [0.3, 0.4) is 0 Å². The fourth-order valence-corrected chi connectivity index (χ4v) is 2.41. The molecular formula is C15H19N3O. The second-order valence-electron chi connectivity index (χ2n) is 5.03. The highest BCUT2D eigenvalue weighted by Gasteiger charge is 2.19. The molecule has 1 aliphatic heterocycles. The lowest BCUT2D eigenvalue weighted by Gasteiger charge is -2.25. The number of anilines is 1. The first-order chi connectivity index (χ1) is 9.20. The van der Waals surface area contributed by atoms with Crippen molar-refractivity contribution in [2.24, 2.45) is 5.92 Å². The van der Waals surface area contributed by atoms with Gasteiger partial charge in [0.05, 0.1) is 11.6 Å². The minimum absolute atomic E-state index is 0.115. The van der Waals surface area contributed by atoms with Gasteiger partial charge in [0, 0.05) is 19.2 Å². The molecule has 1 heterocycles. The van der Waals surface area contributed by atoms with Crippen LogP contribution in [-0.2, 0) is 4.79 Å². The van der Waals surface area contributed by atoms with Gasteiger partial charge in [-0.05, 0) is 50.0 Å². The molecule has 1 atom stereocenters. The number of hydrogen-bond donors (Lipinski definition) is 1. The molecule has 1 fully saturated rings. The van der Waals surface area contributed by atoms with Crippen LogP contribution in [-0.4, -0.2) is 26.0 Å². The van der Waals surface area contributed by atoms with E-state index in [0.717, 1.165) is 31.6 Å². The third-order valence-corrected chi connectivity index (χ3v) is 3.60. The van der Waals surface area contributed by atoms with Crippen LogP contribution in [0.5, 0.6) is 0 Å². The molecule has 0 radical (unpaired) electrons. The van der Waals surface area contributed by atoms with Crippen molar-refractivity contribution < 1.29 is 4.79 Å². The molecule has 19 heavy (non-hydrogen) atoms. The smallest absolute Gasteiger partial charge is 0.227 e. The van der Waals surface area contributed by atoms with Gasteiger partial charge in [-0.25, -0.2) is 0 Å². The third-order valence-electron chi connectivity index (χ3n) is 3.60. The Hall–Kier alpha value is -1.86. The van der Waals surface area contributed by atoms with Gasteiger partial charge in [-0.15, -0.1) is 0 Å². The lowest BCUT2D eigenvalue weighted by molar-refractivity contribution is -0.119. The number of amides is 1. The minimum atomic E-state index is 0.115. The Morgan fingerprint density at radius 3 is 3.11 bits per heavy atom. The Labute approximate surface area is 114 Å². The highest BCUT2D eigenvalue weighted by Crippen LogP contribution is 2.19. The van der Waals surface area contributed by atoms with E-state index in [4.69, 9.17) is 5.26 Å². The Bertz CT molecular complexity index is 486. The summed E-state index contributed by atoms with van der Waals surface area (Å²) in [6, 6.07) is 9.25. The molecule has 100 valence electrons. The summed E-state index contributed by atoms with van der Waals surface area (Å²) in [6.45, 7) is 1.99. The van der Waals surface area contributed by atoms with Crippen LogP contribution in [0.15, 0.2) is 24.3 Å². The van der Waals surface area contributed by atoms with Gasteiger partial charge < -0.3 is 10.2 Å². The average Bonchev–Trinajstić information content (AvgIpc) is 2.47. The molecule has 4 nitrogen and oxygen atoms in total. The molecule has 1 aromatic carbocycles. The van der Waals surface area contributed by atoms with Gasteiger partial charge in [-0.1, -0.05) is 6.07 Å². The number of nitrogens with one attached hydrogen (secondary N) is 1. The molecule has 1 aromatic rings. The molecule has 1 aliphatic rings. The van der Waals surface area contributed by atoms with Crippen molar-refractivity contribution in [2.75, 3.05) is 25.0 Å². The number of piperidine rings is 1. The Morgan fingerprint density at radius 2 is 2.42 bits per heavy atom. The zero-order chi connectivity index (χ0) is 13.7. The lowest BCUT2D eigenvalue weighted by Crippen LogP contribution is -2.35. The Balaban J connectivity index is 1.99. The van der Waals surface area contributed by atoms with Crippen molar-refractivity contribution in [1.29, 1.82) is 5.26 Å². The molecular weight excluding hydrogens is 238 g/mol. The minimum Gasteiger partial charge on any atom is -0.316 e. The van der Waals surface area contributed by atoms with Gasteiger partial charge in [0.25, 0.3) is 0 Å². The number of hydrogen-bond acceptors (Lipinski definition) is 3. The van der Waals surface area contributed by atoms with E-state index < -0.39 is 0 Å². The predicted molar refractivity (Wildman–Crippen MR) is 74.8 cm³/mol. The quantitative estimate of drug-likeness (QED) is 0.900. The zero-order valence-electron chi connectivity index (χ0n) is 11.2. The second kappa shape index (κ2) is 6.35. The molecule has 2 rings (SSSR count). The van der Waals surface area contributed by atoms with Gasteiger partial charge in [-0.3, -0.25) is 4.79 Å². The summed E-state index contributed by atoms with van der Waals surface area (Å²) in [6.07, 6.45) is 2.83. The number of rotatable bonds is 3. The van der Waals surface area contributed by atoms with Crippen LogP contribution in [0.2, 0.25) is 0 Å². The topological polar surface area (TPSA) is 56.1 Å². The number of benzene rings is 1. The molecule has 1 amide bonds. The maximum Gasteiger partial charge on any atom is 0.227 e. The van der Waals surface area contributed by atoms with Crippen LogP contribution in [0.1, 0.15) is 24.8 Å². The molecule has 0 bridgehead atoms. The maximum absolute atomic E-state index is 12.2. The molecule has 1 unspecified atom stereocenters. The van der Waals surface area contributed by atoms with Crippen molar-refractivity contribution in [2.45, 2.75) is 19.3 Å². The number of nitriles is 1. The summed E-state index contributed by atoms with van der Waals surface area (Å²) in [5.74, 6) is 0.548. The summed E-state index contributed by atoms with van der Waals surface area (Å²) in [4.78, 5) is 13.9. The van der Waals surface area contributed by atoms with E-state index in [2.05, 4.69) is 11.4 Å². The number of nitrogens with zero attached hydrogens (tertiary/aromatic N) is 2. The van der Waals surface area contributed by atoms with E-state index in [-0.39, 0.29) is 5.91 Å². The molecule has 4 heteroatoms. The van der Waals surface area contributed by atoms with E-state index in [9.17, 15) is 4.79 Å². The van der Waals surface area contributed by atoms with Crippen LogP contribution in [0.4, 0.5) is 5.69 Å². The average molecular weight is 257 g/mol. The van der Waals surface area contributed by atoms with Gasteiger partial charge in [0.2, 0.25) is 5.91 Å². The van der Waals surface area contributed by atoms with E-state index in [1.54, 1.807) is 30.1 Å². The second-order valence-corrected chi connectivity index (χ2v) is 5.03. The molecule has 0 saturated carbocycles. The molecule has 0 aliphatic carbocycles. The third kappa shape index (κ3) is 3.55. The van der Waals surface area contributed by atoms with Gasteiger partial charge in [0.1, 0.15) is 0 Å². The monoisotopic (exact) mass is 257 g/mol. The summed E-state index contributed by atoms with van der Waals surface area (Å²) in [7, 11) is 1.77. The van der Waals surface area contributed by atoms with Crippen molar-refractivity contribution in [3.63, 3.8) is 0 Å². The predicted octanol–water partition coefficient (Wildman–Crippen LogP) is 1.91. The summed E-state index contributed by atoms with van der Waals surface area (Å²) in [5, 5.41) is 12.2. The van der Waals surface area contributed by atoms with Crippen molar-refractivity contribution >= 4 is 11.6 Å². The summed E-state index contributed by atoms with van der Waals surface area (Å²) >= 11 is 0. The van der Waals surface area contributed by atoms with Gasteiger partial charge in [0.15, 0.2) is 0 Å². The van der Waals surface area contributed by atoms with E-state index in [1.807, 2.05) is 6.07 Å². The Kier molecular flexibility index (Phi) is 4.53. The number of carbonyl (C=O) groups is 1. The normalized spacial score (nSPS) is 18.6. The highest BCUT2D eigenvalue weighted by atomic mass is 16.2. The van der Waals surface area contributed by atoms with Crippen molar-refractivity contribution in [3.8, 4) is 6.07 Å². The van der Waals surface area contributed by atoms with E-state index in [1.165, 1.54) is 0 Å². The highest BCUT2D eigenvalue weighted by molar-refractivity contribution is 5.93. The molecule has 0 spiro atoms. The largest absolute Gasteiger partial charge is 0.316 e. The van der Waals surface area contributed by atoms with Gasteiger partial charge >= 0.3 is 0 Å². The van der Waals surface area contributed by atoms with Crippen molar-refractivity contribution in [1.82, 2.24) is 5.32 Å². The van der Waals surface area contributed by atoms with Gasteiger partial charge in [-0.2, -0.15) is 5.26 Å². The summed E-state index contributed by atoms with van der Waals surface area (Å²) < 4.78 is 0. The Morgan fingerprint density at radius 1 is 1.58 bits per heavy atom. The first-order valence-electron chi connectivity index (χ1n) is 6.68. The SMILES string of the molecule is CN(C(=O)CC1CCCNC1)c1cccc(C#N)c1. The maximum atomic E-state index is 12.2. The fraction of sp³-hybridized carbons (Fsp3) is 0.467. The zero-order valence-corrected chi connectivity index (χ0v) is 11.2. The van der Waals surface area contributed by atoms with E-state index in [0.29, 0.717) is 17.9 Å². The fourth-order valence-electron chi connectivity index (χ4n) is 2.41. The first kappa shape index (κ1) is 13.6. The standard InChI is InChI=1S/C15H19N3O/c1-18(14-6-2-4-12(8-14)10-16)15(19)9-13-5-3-7-17-11-13/h2,4,6,8,13,17H,3,5,7,9,11H2,1H3. The molecule has 0 aromatic heterocycles. The molecule has 1 saturated heterocycles. The van der Waals surface area contributed by atoms with Crippen LogP contribution < -0.4 is 10.2 Å². The van der Waals surface area contributed by atoms with Crippen LogP contribution in [0, 0.1) is 17.2 Å². The van der Waals surface area contributed by atoms with Crippen LogP contribution in [0.25, 0.3) is 0 Å². The first-order valence-corrected chi connectivity index (χ1v) is 6.68. The summed E-state index contributed by atoms with van der Waals surface area (Å²) in [5.41, 5.74) is 1.37. The van der Waals surface area contributed by atoms with Crippen molar-refractivity contribution in [3.05, 3.63) is 29.8 Å². The molecule has 1 N–H and O–H groups in total. The van der Waals surface area contributed by atoms with Crippen LogP contribution >= 0.6 is 0 Å². The van der Waals surface area contributed by atoms with E-state index >= 15 is 0 Å².